The largest absolute Gasteiger partial charge is 0.726 e. The summed E-state index contributed by atoms with van der Waals surface area (Å²) in [5.74, 6) is 0.860. The van der Waals surface area contributed by atoms with Crippen molar-refractivity contribution in [1.82, 2.24) is 0 Å². The predicted molar refractivity (Wildman–Crippen MR) is 217 cm³/mol. The van der Waals surface area contributed by atoms with E-state index in [-0.39, 0.29) is 11.9 Å². The van der Waals surface area contributed by atoms with E-state index in [1.165, 1.54) is 0 Å². The van der Waals surface area contributed by atoms with Gasteiger partial charge in [-0.1, -0.05) is 152 Å². The molecule has 2 aliphatic rings. The topological polar surface area (TPSA) is 122 Å². The van der Waals surface area contributed by atoms with Crippen molar-refractivity contribution < 1.29 is 45.6 Å². The maximum atomic E-state index is 12.0. The first-order valence-electron chi connectivity index (χ1n) is 19.1. The van der Waals surface area contributed by atoms with Crippen LogP contribution in [-0.4, -0.2) is 73.5 Å². The van der Waals surface area contributed by atoms with E-state index in [4.69, 9.17) is 32.6 Å². The van der Waals surface area contributed by atoms with Crippen LogP contribution in [0.1, 0.15) is 34.1 Å². The second-order valence-corrected chi connectivity index (χ2v) is 17.4. The van der Waals surface area contributed by atoms with Crippen LogP contribution < -0.4 is 0 Å². The van der Waals surface area contributed by atoms with E-state index in [2.05, 4.69) is 0 Å². The Balaban J connectivity index is 1.24. The van der Waals surface area contributed by atoms with Gasteiger partial charge in [0.2, 0.25) is 10.4 Å². The quantitative estimate of drug-likeness (QED) is 0.0524. The number of rotatable bonds is 18. The summed E-state index contributed by atoms with van der Waals surface area (Å²) in [5, 5.41) is -0.249. The fraction of sp³-hybridized carbons (Fsp3) is 0.333. The van der Waals surface area contributed by atoms with Gasteiger partial charge < -0.3 is 33.0 Å². The molecule has 0 radical (unpaired) electrons. The van der Waals surface area contributed by atoms with Crippen LogP contribution in [0.4, 0.5) is 0 Å². The van der Waals surface area contributed by atoms with E-state index in [0.717, 1.165) is 27.8 Å². The minimum atomic E-state index is -5.08. The molecule has 2 heterocycles. The van der Waals surface area contributed by atoms with Crippen molar-refractivity contribution >= 4 is 21.3 Å². The van der Waals surface area contributed by atoms with E-state index in [1.54, 1.807) is 0 Å². The van der Waals surface area contributed by atoms with Gasteiger partial charge in [-0.05, 0) is 22.3 Å². The molecule has 0 spiro atoms. The maximum absolute atomic E-state index is 12.0. The number of hydrogen-bond acceptors (Lipinski definition) is 10. The summed E-state index contributed by atoms with van der Waals surface area (Å²) in [6, 6.07) is 49.4. The Morgan fingerprint density at radius 3 is 1.60 bits per heavy atom. The Bertz CT molecular complexity index is 2010. The van der Waals surface area contributed by atoms with Crippen LogP contribution in [0.3, 0.4) is 0 Å². The molecule has 2 saturated heterocycles. The van der Waals surface area contributed by atoms with Crippen molar-refractivity contribution in [2.75, 3.05) is 24.7 Å². The highest BCUT2D eigenvalue weighted by atomic mass is 32.3. The van der Waals surface area contributed by atoms with Gasteiger partial charge in [0.05, 0.1) is 39.6 Å². The standard InChI is InChI=1S/C45H48O10S2/c46-57(47,48)55-39-30-53-45(38-24-14-5-15-25-38)54-40(39)32-56-33-41(50-27-35-18-8-2-9-19-35)43(51-28-36-20-10-3-11-21-36)44(52-29-37-22-12-4-13-23-37)42(56)31-49-26-34-16-6-1-7-17-34/h1-25,39-45H,26-33H2/t39-,40+,41+,42-,43-,44-,45?,56?/m1/s1. The lowest BCUT2D eigenvalue weighted by Crippen LogP contribution is -2.62. The van der Waals surface area contributed by atoms with Crippen molar-refractivity contribution in [3.63, 3.8) is 0 Å². The fourth-order valence-electron chi connectivity index (χ4n) is 7.11. The zero-order chi connectivity index (χ0) is 39.3. The van der Waals surface area contributed by atoms with E-state index in [0.29, 0.717) is 44.5 Å². The summed E-state index contributed by atoms with van der Waals surface area (Å²) in [4.78, 5) is 0. The van der Waals surface area contributed by atoms with E-state index < -0.39 is 58.1 Å². The lowest BCUT2D eigenvalue weighted by molar-refractivity contribution is -0.245. The SMILES string of the molecule is O=S(=O)([O-])O[C@@H]1COC(c2ccccc2)O[C@H]1C[S+]1C[C@H](OCc2ccccc2)[C@@H](OCc2ccccc2)[C@H](OCc2ccccc2)[C@H]1COCc1ccccc1. The highest BCUT2D eigenvalue weighted by Gasteiger charge is 2.55. The molecule has 0 saturated carbocycles. The first kappa shape index (κ1) is 41.2. The van der Waals surface area contributed by atoms with Crippen molar-refractivity contribution in [2.45, 2.75) is 68.5 Å². The van der Waals surface area contributed by atoms with E-state index >= 15 is 0 Å². The molecular formula is C45H48O10S2. The maximum Gasteiger partial charge on any atom is 0.218 e. The van der Waals surface area contributed by atoms with Crippen LogP contribution in [-0.2, 0) is 80.3 Å². The van der Waals surface area contributed by atoms with Gasteiger partial charge in [0.15, 0.2) is 11.5 Å². The fourth-order valence-corrected chi connectivity index (χ4v) is 10.5. The van der Waals surface area contributed by atoms with Gasteiger partial charge in [0.1, 0.15) is 42.0 Å². The molecule has 10 nitrogen and oxygen atoms in total. The Morgan fingerprint density at radius 1 is 0.596 bits per heavy atom. The summed E-state index contributed by atoms with van der Waals surface area (Å²) in [7, 11) is -5.70. The smallest absolute Gasteiger partial charge is 0.218 e. The molecule has 0 amide bonds. The van der Waals surface area contributed by atoms with Gasteiger partial charge in [0.25, 0.3) is 0 Å². The molecule has 5 aromatic carbocycles. The molecule has 0 aromatic heterocycles. The summed E-state index contributed by atoms with van der Waals surface area (Å²) >= 11 is 0. The molecule has 2 fully saturated rings. The Labute approximate surface area is 338 Å². The van der Waals surface area contributed by atoms with Gasteiger partial charge in [-0.25, -0.2) is 8.42 Å². The third kappa shape index (κ3) is 12.3. The predicted octanol–water partition coefficient (Wildman–Crippen LogP) is 6.92. The molecular weight excluding hydrogens is 765 g/mol. The van der Waals surface area contributed by atoms with Crippen LogP contribution >= 0.6 is 0 Å². The highest BCUT2D eigenvalue weighted by molar-refractivity contribution is 7.97. The van der Waals surface area contributed by atoms with Crippen molar-refractivity contribution in [3.05, 3.63) is 179 Å². The highest BCUT2D eigenvalue weighted by Crippen LogP contribution is 2.36. The molecule has 2 unspecified atom stereocenters. The zero-order valence-corrected chi connectivity index (χ0v) is 33.2. The second-order valence-electron chi connectivity index (χ2n) is 14.1. The van der Waals surface area contributed by atoms with Crippen LogP contribution in [0.15, 0.2) is 152 Å². The van der Waals surface area contributed by atoms with Crippen LogP contribution in [0, 0.1) is 0 Å². The molecule has 8 atom stereocenters. The molecule has 2 aliphatic heterocycles. The summed E-state index contributed by atoms with van der Waals surface area (Å²) in [6.45, 7) is 1.55. The minimum Gasteiger partial charge on any atom is -0.726 e. The average molecular weight is 813 g/mol. The molecule has 5 aromatic rings. The molecule has 0 aliphatic carbocycles. The molecule has 12 heteroatoms. The Hall–Kier alpha value is -3.92. The Morgan fingerprint density at radius 2 is 1.07 bits per heavy atom. The molecule has 0 bridgehead atoms. The minimum absolute atomic E-state index is 0.150. The van der Waals surface area contributed by atoms with Crippen molar-refractivity contribution in [3.8, 4) is 0 Å². The van der Waals surface area contributed by atoms with Gasteiger partial charge in [0, 0.05) is 16.5 Å². The average Bonchev–Trinajstić information content (AvgIpc) is 3.24. The third-order valence-corrected chi connectivity index (χ3v) is 13.2. The van der Waals surface area contributed by atoms with Crippen LogP contribution in [0.2, 0.25) is 0 Å². The second kappa shape index (κ2) is 20.7. The number of ether oxygens (including phenoxy) is 6. The van der Waals surface area contributed by atoms with Crippen LogP contribution in [0.5, 0.6) is 0 Å². The summed E-state index contributed by atoms with van der Waals surface area (Å²) < 4.78 is 80.9. The third-order valence-electron chi connectivity index (χ3n) is 9.95. The molecule has 300 valence electrons. The summed E-state index contributed by atoms with van der Waals surface area (Å²) in [5.41, 5.74) is 4.83. The monoisotopic (exact) mass is 812 g/mol. The van der Waals surface area contributed by atoms with Crippen molar-refractivity contribution in [2.24, 2.45) is 0 Å². The first-order valence-corrected chi connectivity index (χ1v) is 22.0. The normalized spacial score (nSPS) is 25.2. The first-order chi connectivity index (χ1) is 27.9. The van der Waals surface area contributed by atoms with Crippen LogP contribution in [0.25, 0.3) is 0 Å². The van der Waals surface area contributed by atoms with Gasteiger partial charge in [-0.15, -0.1) is 0 Å². The molecule has 7 rings (SSSR count). The van der Waals surface area contributed by atoms with Gasteiger partial charge in [-0.3, -0.25) is 4.18 Å². The van der Waals surface area contributed by atoms with Gasteiger partial charge in [-0.2, -0.15) is 0 Å². The molecule has 0 N–H and O–H groups in total. The molecule has 57 heavy (non-hydrogen) atoms. The van der Waals surface area contributed by atoms with Gasteiger partial charge >= 0.3 is 0 Å². The zero-order valence-electron chi connectivity index (χ0n) is 31.5. The van der Waals surface area contributed by atoms with E-state index in [1.807, 2.05) is 152 Å². The lowest BCUT2D eigenvalue weighted by Gasteiger charge is -2.43. The number of hydrogen-bond donors (Lipinski definition) is 0. The van der Waals surface area contributed by atoms with E-state index in [9.17, 15) is 13.0 Å². The number of benzene rings is 5. The summed E-state index contributed by atoms with van der Waals surface area (Å²) in [6.07, 6.45) is -4.23. The Kier molecular flexibility index (Phi) is 15.0. The lowest BCUT2D eigenvalue weighted by atomic mass is 10.0. The van der Waals surface area contributed by atoms with Crippen molar-refractivity contribution in [1.29, 1.82) is 0 Å².